The quantitative estimate of drug-likeness (QED) is 0.912. The molecule has 2 N–H and O–H groups in total. The van der Waals surface area contributed by atoms with Gasteiger partial charge in [-0.1, -0.05) is 12.1 Å². The van der Waals surface area contributed by atoms with E-state index in [-0.39, 0.29) is 0 Å². The summed E-state index contributed by atoms with van der Waals surface area (Å²) in [5.41, 5.74) is 10.5. The lowest BCUT2D eigenvalue weighted by atomic mass is 10.0. The van der Waals surface area contributed by atoms with E-state index < -0.39 is 0 Å². The fourth-order valence-electron chi connectivity index (χ4n) is 2.55. The van der Waals surface area contributed by atoms with Crippen LogP contribution in [0.3, 0.4) is 0 Å². The van der Waals surface area contributed by atoms with Crippen molar-refractivity contribution in [3.05, 3.63) is 41.2 Å². The maximum absolute atomic E-state index is 5.63. The van der Waals surface area contributed by atoms with E-state index in [9.17, 15) is 0 Å². The molecule has 0 saturated heterocycles. The second-order valence-electron chi connectivity index (χ2n) is 4.75. The van der Waals surface area contributed by atoms with Crippen LogP contribution in [-0.2, 0) is 19.4 Å². The summed E-state index contributed by atoms with van der Waals surface area (Å²) >= 11 is 0. The first-order valence-electron chi connectivity index (χ1n) is 6.54. The number of hydrogen-bond donors (Lipinski definition) is 1. The highest BCUT2D eigenvalue weighted by molar-refractivity contribution is 5.62. The first kappa shape index (κ1) is 12.1. The summed E-state index contributed by atoms with van der Waals surface area (Å²) in [6, 6.07) is 8.40. The van der Waals surface area contributed by atoms with Gasteiger partial charge in [0.2, 0.25) is 5.88 Å². The third kappa shape index (κ3) is 2.31. The van der Waals surface area contributed by atoms with Crippen molar-refractivity contribution >= 4 is 0 Å². The standard InChI is InChI=1S/C15H17N3O/c1-19-15-8-13(17-14(9-16)18-15)12-6-5-10-3-2-4-11(10)7-12/h5-8H,2-4,9,16H2,1H3. The van der Waals surface area contributed by atoms with E-state index in [0.29, 0.717) is 18.2 Å². The van der Waals surface area contributed by atoms with E-state index >= 15 is 0 Å². The predicted octanol–water partition coefficient (Wildman–Crippen LogP) is 2.10. The molecular formula is C15H17N3O. The number of ether oxygens (including phenoxy) is 1. The van der Waals surface area contributed by atoms with Crippen LogP contribution in [0.15, 0.2) is 24.3 Å². The van der Waals surface area contributed by atoms with E-state index in [0.717, 1.165) is 17.7 Å². The molecule has 1 aromatic carbocycles. The highest BCUT2D eigenvalue weighted by atomic mass is 16.5. The Hall–Kier alpha value is -1.94. The van der Waals surface area contributed by atoms with Crippen molar-refractivity contribution in [1.29, 1.82) is 0 Å². The van der Waals surface area contributed by atoms with Gasteiger partial charge in [0.1, 0.15) is 5.82 Å². The SMILES string of the molecule is COc1cc(-c2ccc3c(c2)CCC3)nc(CN)n1. The highest BCUT2D eigenvalue weighted by Gasteiger charge is 2.13. The van der Waals surface area contributed by atoms with Crippen molar-refractivity contribution in [2.45, 2.75) is 25.8 Å². The average Bonchev–Trinajstić information content (AvgIpc) is 2.94. The van der Waals surface area contributed by atoms with E-state index in [1.807, 2.05) is 6.07 Å². The van der Waals surface area contributed by atoms with Gasteiger partial charge in [-0.2, -0.15) is 4.98 Å². The summed E-state index contributed by atoms with van der Waals surface area (Å²) in [6.45, 7) is 0.315. The monoisotopic (exact) mass is 255 g/mol. The van der Waals surface area contributed by atoms with Gasteiger partial charge in [0.25, 0.3) is 0 Å². The molecule has 1 heterocycles. The Bertz CT molecular complexity index is 588. The number of nitrogens with zero attached hydrogens (tertiary/aromatic N) is 2. The van der Waals surface area contributed by atoms with Gasteiger partial charge in [0.05, 0.1) is 19.3 Å². The van der Waals surface area contributed by atoms with Crippen molar-refractivity contribution in [1.82, 2.24) is 9.97 Å². The number of fused-ring (bicyclic) bond motifs is 1. The third-order valence-corrected chi connectivity index (χ3v) is 3.53. The summed E-state index contributed by atoms with van der Waals surface area (Å²) in [4.78, 5) is 8.69. The Labute approximate surface area is 112 Å². The van der Waals surface area contributed by atoms with E-state index in [1.165, 1.54) is 24.0 Å². The lowest BCUT2D eigenvalue weighted by Gasteiger charge is -2.08. The highest BCUT2D eigenvalue weighted by Crippen LogP contribution is 2.28. The molecule has 0 fully saturated rings. The van der Waals surface area contributed by atoms with Crippen LogP contribution in [-0.4, -0.2) is 17.1 Å². The first-order valence-corrected chi connectivity index (χ1v) is 6.54. The van der Waals surface area contributed by atoms with Crippen LogP contribution in [0, 0.1) is 0 Å². The van der Waals surface area contributed by atoms with Crippen LogP contribution in [0.4, 0.5) is 0 Å². The number of aromatic nitrogens is 2. The van der Waals surface area contributed by atoms with Crippen molar-refractivity contribution in [2.75, 3.05) is 7.11 Å². The van der Waals surface area contributed by atoms with Crippen LogP contribution in [0.25, 0.3) is 11.3 Å². The van der Waals surface area contributed by atoms with E-state index in [4.69, 9.17) is 10.5 Å². The molecule has 3 rings (SSSR count). The molecule has 2 aromatic rings. The molecule has 4 heteroatoms. The fourth-order valence-corrected chi connectivity index (χ4v) is 2.55. The van der Waals surface area contributed by atoms with Crippen LogP contribution in [0.5, 0.6) is 5.88 Å². The molecular weight excluding hydrogens is 238 g/mol. The minimum atomic E-state index is 0.315. The zero-order valence-electron chi connectivity index (χ0n) is 11.0. The summed E-state index contributed by atoms with van der Waals surface area (Å²) < 4.78 is 5.20. The second-order valence-corrected chi connectivity index (χ2v) is 4.75. The van der Waals surface area contributed by atoms with Gasteiger partial charge in [-0.25, -0.2) is 4.98 Å². The van der Waals surface area contributed by atoms with E-state index in [1.54, 1.807) is 7.11 Å². The maximum atomic E-state index is 5.63. The van der Waals surface area contributed by atoms with Gasteiger partial charge in [-0.05, 0) is 36.5 Å². The zero-order chi connectivity index (χ0) is 13.2. The molecule has 4 nitrogen and oxygen atoms in total. The molecule has 0 saturated carbocycles. The predicted molar refractivity (Wildman–Crippen MR) is 73.9 cm³/mol. The lowest BCUT2D eigenvalue weighted by molar-refractivity contribution is 0.395. The minimum Gasteiger partial charge on any atom is -0.481 e. The van der Waals surface area contributed by atoms with Gasteiger partial charge >= 0.3 is 0 Å². The number of aryl methyl sites for hydroxylation is 2. The smallest absolute Gasteiger partial charge is 0.216 e. The van der Waals surface area contributed by atoms with Gasteiger partial charge in [0, 0.05) is 11.6 Å². The summed E-state index contributed by atoms with van der Waals surface area (Å²) in [5, 5.41) is 0. The number of methoxy groups -OCH3 is 1. The molecule has 0 spiro atoms. The molecule has 1 aliphatic rings. The minimum absolute atomic E-state index is 0.315. The summed E-state index contributed by atoms with van der Waals surface area (Å²) in [6.07, 6.45) is 3.60. The largest absolute Gasteiger partial charge is 0.481 e. The summed E-state index contributed by atoms with van der Waals surface area (Å²) in [5.74, 6) is 1.17. The van der Waals surface area contributed by atoms with Gasteiger partial charge in [-0.3, -0.25) is 0 Å². The first-order chi connectivity index (χ1) is 9.30. The molecule has 98 valence electrons. The molecule has 0 unspecified atom stereocenters. The lowest BCUT2D eigenvalue weighted by Crippen LogP contribution is -2.05. The Morgan fingerprint density at radius 3 is 2.79 bits per heavy atom. The molecule has 1 aromatic heterocycles. The van der Waals surface area contributed by atoms with Crippen LogP contribution < -0.4 is 10.5 Å². The normalized spacial score (nSPS) is 13.4. The molecule has 0 atom stereocenters. The molecule has 0 amide bonds. The maximum Gasteiger partial charge on any atom is 0.216 e. The second kappa shape index (κ2) is 4.97. The zero-order valence-corrected chi connectivity index (χ0v) is 11.0. The van der Waals surface area contributed by atoms with Gasteiger partial charge in [-0.15, -0.1) is 0 Å². The Kier molecular flexibility index (Phi) is 3.17. The summed E-state index contributed by atoms with van der Waals surface area (Å²) in [7, 11) is 1.61. The molecule has 0 bridgehead atoms. The van der Waals surface area contributed by atoms with Crippen LogP contribution in [0.2, 0.25) is 0 Å². The van der Waals surface area contributed by atoms with Gasteiger partial charge in [0.15, 0.2) is 0 Å². The third-order valence-electron chi connectivity index (χ3n) is 3.53. The number of rotatable bonds is 3. The number of hydrogen-bond acceptors (Lipinski definition) is 4. The molecule has 1 aliphatic carbocycles. The molecule has 0 aliphatic heterocycles. The number of benzene rings is 1. The van der Waals surface area contributed by atoms with Crippen LogP contribution in [0.1, 0.15) is 23.4 Å². The molecule has 0 radical (unpaired) electrons. The molecule has 19 heavy (non-hydrogen) atoms. The van der Waals surface area contributed by atoms with Crippen molar-refractivity contribution < 1.29 is 4.74 Å². The Balaban J connectivity index is 2.05. The Morgan fingerprint density at radius 2 is 2.00 bits per heavy atom. The van der Waals surface area contributed by atoms with Crippen molar-refractivity contribution in [3.8, 4) is 17.1 Å². The Morgan fingerprint density at radius 1 is 1.16 bits per heavy atom. The number of nitrogens with two attached hydrogens (primary N) is 1. The van der Waals surface area contributed by atoms with Crippen molar-refractivity contribution in [2.24, 2.45) is 5.73 Å². The van der Waals surface area contributed by atoms with E-state index in [2.05, 4.69) is 28.2 Å². The van der Waals surface area contributed by atoms with Crippen LogP contribution >= 0.6 is 0 Å². The van der Waals surface area contributed by atoms with Gasteiger partial charge < -0.3 is 10.5 Å². The van der Waals surface area contributed by atoms with Crippen molar-refractivity contribution in [3.63, 3.8) is 0 Å². The topological polar surface area (TPSA) is 61.0 Å². The fraction of sp³-hybridized carbons (Fsp3) is 0.333. The average molecular weight is 255 g/mol.